The maximum absolute atomic E-state index is 12.3. The lowest BCUT2D eigenvalue weighted by molar-refractivity contribution is -0.115. The maximum Gasteiger partial charge on any atom is 0.238 e. The van der Waals surface area contributed by atoms with Gasteiger partial charge in [-0.15, -0.1) is 0 Å². The molecule has 0 saturated heterocycles. The molecule has 146 valence electrons. The number of hydrogen-bond acceptors (Lipinski definition) is 6. The summed E-state index contributed by atoms with van der Waals surface area (Å²) in [4.78, 5) is 21.2. The zero-order valence-corrected chi connectivity index (χ0v) is 16.0. The Labute approximate surface area is 163 Å². The quantitative estimate of drug-likeness (QED) is 0.519. The molecule has 0 aliphatic heterocycles. The molecule has 7 heteroatoms. The van der Waals surface area contributed by atoms with E-state index in [1.54, 1.807) is 13.3 Å². The molecule has 28 heavy (non-hydrogen) atoms. The molecule has 0 radical (unpaired) electrons. The zero-order valence-electron chi connectivity index (χ0n) is 16.0. The number of aliphatic hydroxyl groups excluding tert-OH is 1. The van der Waals surface area contributed by atoms with E-state index in [1.807, 2.05) is 43.3 Å². The van der Waals surface area contributed by atoms with E-state index >= 15 is 0 Å². The Hall–Kier alpha value is -3.03. The fourth-order valence-electron chi connectivity index (χ4n) is 2.92. The van der Waals surface area contributed by atoms with Crippen molar-refractivity contribution < 1.29 is 14.6 Å². The molecule has 0 fully saturated rings. The number of fused-ring (bicyclic) bond motifs is 1. The van der Waals surface area contributed by atoms with Crippen LogP contribution in [0.2, 0.25) is 0 Å². The third kappa shape index (κ3) is 4.62. The number of nitrogens with one attached hydrogen (secondary N) is 2. The fourth-order valence-corrected chi connectivity index (χ4v) is 2.92. The van der Waals surface area contributed by atoms with Crippen LogP contribution in [0.5, 0.6) is 5.75 Å². The Morgan fingerprint density at radius 2 is 2.07 bits per heavy atom. The molecular formula is C21H24N4O3. The Morgan fingerprint density at radius 3 is 2.82 bits per heavy atom. The zero-order chi connectivity index (χ0) is 19.9. The molecule has 0 bridgehead atoms. The summed E-state index contributed by atoms with van der Waals surface area (Å²) in [5.74, 6) is 1.29. The number of aliphatic hydroxyl groups is 1. The minimum atomic E-state index is -0.188. The molecule has 1 heterocycles. The molecular weight excluding hydrogens is 356 g/mol. The summed E-state index contributed by atoms with van der Waals surface area (Å²) in [6.07, 6.45) is 2.50. The van der Waals surface area contributed by atoms with Crippen LogP contribution in [0.4, 0.5) is 5.69 Å². The average Bonchev–Trinajstić information content (AvgIpc) is 2.73. The van der Waals surface area contributed by atoms with Crippen LogP contribution in [-0.4, -0.2) is 47.8 Å². The fraction of sp³-hybridized carbons (Fsp3) is 0.286. The van der Waals surface area contributed by atoms with E-state index in [2.05, 4.69) is 20.6 Å². The third-order valence-electron chi connectivity index (χ3n) is 4.33. The highest BCUT2D eigenvalue weighted by atomic mass is 16.5. The molecule has 2 aromatic carbocycles. The third-order valence-corrected chi connectivity index (χ3v) is 4.33. The molecule has 0 saturated carbocycles. The number of carbonyl (C=O) groups excluding carboxylic acids is 1. The second-order valence-corrected chi connectivity index (χ2v) is 6.27. The van der Waals surface area contributed by atoms with Gasteiger partial charge in [-0.25, -0.2) is 9.97 Å². The van der Waals surface area contributed by atoms with Gasteiger partial charge < -0.3 is 20.5 Å². The van der Waals surface area contributed by atoms with Gasteiger partial charge in [-0.05, 0) is 35.7 Å². The van der Waals surface area contributed by atoms with Crippen molar-refractivity contribution in [1.82, 2.24) is 15.3 Å². The van der Waals surface area contributed by atoms with Crippen LogP contribution < -0.4 is 15.4 Å². The molecule has 0 spiro atoms. The molecule has 3 N–H and O–H groups in total. The number of hydrogen-bond donors (Lipinski definition) is 3. The number of nitrogens with zero attached hydrogens (tertiary/aromatic N) is 2. The normalized spacial score (nSPS) is 10.8. The molecule has 1 aromatic heterocycles. The van der Waals surface area contributed by atoms with Crippen molar-refractivity contribution >= 4 is 22.4 Å². The summed E-state index contributed by atoms with van der Waals surface area (Å²) >= 11 is 0. The van der Waals surface area contributed by atoms with Crippen LogP contribution in [0.15, 0.2) is 42.6 Å². The Kier molecular flexibility index (Phi) is 6.52. The summed E-state index contributed by atoms with van der Waals surface area (Å²) in [7, 11) is 1.61. The highest BCUT2D eigenvalue weighted by Crippen LogP contribution is 2.32. The van der Waals surface area contributed by atoms with Crippen LogP contribution in [0.25, 0.3) is 22.0 Å². The van der Waals surface area contributed by atoms with Crippen LogP contribution in [-0.2, 0) is 11.2 Å². The lowest BCUT2D eigenvalue weighted by Gasteiger charge is -2.13. The second kappa shape index (κ2) is 9.25. The molecule has 3 aromatic rings. The lowest BCUT2D eigenvalue weighted by atomic mass is 10.0. The Bertz CT molecular complexity index is 975. The Morgan fingerprint density at radius 1 is 1.21 bits per heavy atom. The van der Waals surface area contributed by atoms with Crippen LogP contribution in [0, 0.1) is 0 Å². The van der Waals surface area contributed by atoms with Gasteiger partial charge in [0.2, 0.25) is 5.91 Å². The number of methoxy groups -OCH3 is 1. The van der Waals surface area contributed by atoms with Gasteiger partial charge in [-0.1, -0.05) is 13.0 Å². The van der Waals surface area contributed by atoms with Gasteiger partial charge in [-0.3, -0.25) is 4.79 Å². The first-order valence-corrected chi connectivity index (χ1v) is 9.20. The number of aryl methyl sites for hydroxylation is 1. The van der Waals surface area contributed by atoms with Crippen molar-refractivity contribution in [3.63, 3.8) is 0 Å². The average molecular weight is 380 g/mol. The van der Waals surface area contributed by atoms with Crippen molar-refractivity contribution in [3.05, 3.63) is 48.4 Å². The molecule has 0 unspecified atom stereocenters. The van der Waals surface area contributed by atoms with E-state index in [0.717, 1.165) is 34.3 Å². The number of ether oxygens (including phenoxy) is 1. The van der Waals surface area contributed by atoms with Crippen molar-refractivity contribution in [2.24, 2.45) is 0 Å². The van der Waals surface area contributed by atoms with Crippen LogP contribution >= 0.6 is 0 Å². The first-order chi connectivity index (χ1) is 13.6. The highest BCUT2D eigenvalue weighted by molar-refractivity contribution is 6.05. The topological polar surface area (TPSA) is 96.4 Å². The van der Waals surface area contributed by atoms with Gasteiger partial charge in [0.25, 0.3) is 0 Å². The second-order valence-electron chi connectivity index (χ2n) is 6.27. The number of rotatable bonds is 8. The maximum atomic E-state index is 12.3. The summed E-state index contributed by atoms with van der Waals surface area (Å²) in [6, 6.07) is 11.5. The standard InChI is InChI=1S/C21H24N4O3/c1-3-20-23-7-6-18(24-20)15-10-14-4-5-16(28-2)12-17(14)19(11-15)25-21(27)13-22-8-9-26/h4-7,10-12,22,26H,3,8-9,13H2,1-2H3,(H,25,27). The number of benzene rings is 2. The number of anilines is 1. The van der Waals surface area contributed by atoms with Crippen LogP contribution in [0.1, 0.15) is 12.7 Å². The predicted molar refractivity (Wildman–Crippen MR) is 109 cm³/mol. The Balaban J connectivity index is 2.03. The smallest absolute Gasteiger partial charge is 0.238 e. The van der Waals surface area contributed by atoms with Crippen molar-refractivity contribution in [3.8, 4) is 17.0 Å². The first-order valence-electron chi connectivity index (χ1n) is 9.20. The first kappa shape index (κ1) is 19.7. The monoisotopic (exact) mass is 380 g/mol. The summed E-state index contributed by atoms with van der Waals surface area (Å²) < 4.78 is 5.33. The van der Waals surface area contributed by atoms with E-state index in [1.165, 1.54) is 0 Å². The summed E-state index contributed by atoms with van der Waals surface area (Å²) in [6.45, 7) is 2.47. The molecule has 0 aliphatic carbocycles. The van der Waals surface area contributed by atoms with Crippen LogP contribution in [0.3, 0.4) is 0 Å². The number of aromatic nitrogens is 2. The van der Waals surface area contributed by atoms with Gasteiger partial charge >= 0.3 is 0 Å². The van der Waals surface area contributed by atoms with E-state index in [4.69, 9.17) is 9.84 Å². The van der Waals surface area contributed by atoms with E-state index in [9.17, 15) is 4.79 Å². The molecule has 1 amide bonds. The molecule has 7 nitrogen and oxygen atoms in total. The van der Waals surface area contributed by atoms with Gasteiger partial charge in [0.15, 0.2) is 0 Å². The molecule has 0 atom stereocenters. The molecule has 0 aliphatic rings. The summed E-state index contributed by atoms with van der Waals surface area (Å²) in [5.41, 5.74) is 2.38. The lowest BCUT2D eigenvalue weighted by Crippen LogP contribution is -2.30. The van der Waals surface area contributed by atoms with E-state index < -0.39 is 0 Å². The van der Waals surface area contributed by atoms with Gasteiger partial charge in [0, 0.05) is 35.8 Å². The van der Waals surface area contributed by atoms with Crippen molar-refractivity contribution in [2.45, 2.75) is 13.3 Å². The molecule has 3 rings (SSSR count). The van der Waals surface area contributed by atoms with Crippen molar-refractivity contribution in [1.29, 1.82) is 0 Å². The predicted octanol–water partition coefficient (Wildman–Crippen LogP) is 2.39. The highest BCUT2D eigenvalue weighted by Gasteiger charge is 2.11. The SMILES string of the molecule is CCc1nccc(-c2cc(NC(=O)CNCCO)c3cc(OC)ccc3c2)n1. The van der Waals surface area contributed by atoms with Gasteiger partial charge in [-0.2, -0.15) is 0 Å². The number of carbonyl (C=O) groups is 1. The minimum absolute atomic E-state index is 0.0175. The van der Waals surface area contributed by atoms with Crippen molar-refractivity contribution in [2.75, 3.05) is 32.1 Å². The van der Waals surface area contributed by atoms with E-state index in [0.29, 0.717) is 18.0 Å². The minimum Gasteiger partial charge on any atom is -0.497 e. The summed E-state index contributed by atoms with van der Waals surface area (Å²) in [5, 5.41) is 16.5. The number of amides is 1. The van der Waals surface area contributed by atoms with E-state index in [-0.39, 0.29) is 19.1 Å². The largest absolute Gasteiger partial charge is 0.497 e. The van der Waals surface area contributed by atoms with Gasteiger partial charge in [0.1, 0.15) is 11.6 Å². The van der Waals surface area contributed by atoms with Gasteiger partial charge in [0.05, 0.1) is 26.0 Å².